The third kappa shape index (κ3) is 5.24. The van der Waals surface area contributed by atoms with Crippen LogP contribution in [-0.2, 0) is 17.9 Å². The molecule has 0 unspecified atom stereocenters. The average molecular weight is 341 g/mol. The highest BCUT2D eigenvalue weighted by Crippen LogP contribution is 2.29. The van der Waals surface area contributed by atoms with Gasteiger partial charge in [-0.3, -0.25) is 4.79 Å². The number of carbonyl (C=O) groups is 1. The highest BCUT2D eigenvalue weighted by Gasteiger charge is 2.16. The molecule has 0 aliphatic carbocycles. The van der Waals surface area contributed by atoms with Crippen LogP contribution in [0.15, 0.2) is 48.5 Å². The number of hydrogen-bond acceptors (Lipinski definition) is 3. The van der Waals surface area contributed by atoms with Crippen molar-refractivity contribution in [2.75, 3.05) is 7.11 Å². The molecule has 0 bridgehead atoms. The van der Waals surface area contributed by atoms with E-state index in [4.69, 9.17) is 9.47 Å². The molecule has 0 saturated heterocycles. The van der Waals surface area contributed by atoms with Crippen molar-refractivity contribution >= 4 is 5.91 Å². The molecule has 0 saturated carbocycles. The first-order chi connectivity index (χ1) is 12.0. The fourth-order valence-electron chi connectivity index (χ4n) is 2.62. The van der Waals surface area contributed by atoms with Gasteiger partial charge in [-0.05, 0) is 37.1 Å². The molecule has 1 amide bonds. The third-order valence-corrected chi connectivity index (χ3v) is 4.06. The van der Waals surface area contributed by atoms with Crippen LogP contribution in [0.5, 0.6) is 11.5 Å². The van der Waals surface area contributed by atoms with Crippen molar-refractivity contribution in [3.05, 3.63) is 59.7 Å². The monoisotopic (exact) mass is 341 g/mol. The maximum atomic E-state index is 12.1. The number of ether oxygens (including phenoxy) is 2. The van der Waals surface area contributed by atoms with Gasteiger partial charge in [0, 0.05) is 19.0 Å². The lowest BCUT2D eigenvalue weighted by atomic mass is 10.1. The summed E-state index contributed by atoms with van der Waals surface area (Å²) in [6, 6.07) is 16.0. The Morgan fingerprint density at radius 3 is 2.36 bits per heavy atom. The van der Waals surface area contributed by atoms with E-state index in [0.717, 1.165) is 11.1 Å². The summed E-state index contributed by atoms with van der Waals surface area (Å²) in [7, 11) is 1.63. The summed E-state index contributed by atoms with van der Waals surface area (Å²) in [6.07, 6.45) is 0.508. The zero-order valence-electron chi connectivity index (χ0n) is 15.5. The van der Waals surface area contributed by atoms with E-state index < -0.39 is 0 Å². The molecule has 0 aliphatic rings. The molecule has 0 atom stereocenters. The van der Waals surface area contributed by atoms with Gasteiger partial charge in [0.1, 0.15) is 6.61 Å². The predicted molar refractivity (Wildman–Crippen MR) is 99.7 cm³/mol. The van der Waals surface area contributed by atoms with Gasteiger partial charge in [0.25, 0.3) is 0 Å². The quantitative estimate of drug-likeness (QED) is 0.713. The van der Waals surface area contributed by atoms with Gasteiger partial charge >= 0.3 is 0 Å². The molecule has 0 aromatic heterocycles. The molecule has 0 fully saturated rings. The molecule has 4 heteroatoms. The van der Waals surface area contributed by atoms with E-state index >= 15 is 0 Å². The molecule has 134 valence electrons. The molecule has 0 heterocycles. The summed E-state index contributed by atoms with van der Waals surface area (Å²) in [6.45, 7) is 7.01. The van der Waals surface area contributed by atoms with Crippen LogP contribution in [0, 0.1) is 0 Å². The number of nitrogens with zero attached hydrogens (tertiary/aromatic N) is 1. The molecular weight excluding hydrogens is 314 g/mol. The maximum absolute atomic E-state index is 12.1. The standard InChI is InChI=1S/C21H27NO3/c1-5-21(23)22(16(2)3)14-18-11-12-19(20(13-18)24-4)25-15-17-9-7-6-8-10-17/h6-13,16H,5,14-15H2,1-4H3. The van der Waals surface area contributed by atoms with Crippen LogP contribution >= 0.6 is 0 Å². The van der Waals surface area contributed by atoms with Gasteiger partial charge < -0.3 is 14.4 Å². The third-order valence-electron chi connectivity index (χ3n) is 4.06. The van der Waals surface area contributed by atoms with E-state index in [2.05, 4.69) is 0 Å². The Morgan fingerprint density at radius 1 is 1.04 bits per heavy atom. The number of methoxy groups -OCH3 is 1. The summed E-state index contributed by atoms with van der Waals surface area (Å²) >= 11 is 0. The summed E-state index contributed by atoms with van der Waals surface area (Å²) in [5.41, 5.74) is 2.13. The molecule has 0 N–H and O–H groups in total. The van der Waals surface area contributed by atoms with Gasteiger partial charge in [-0.1, -0.05) is 43.3 Å². The van der Waals surface area contributed by atoms with Crippen LogP contribution < -0.4 is 9.47 Å². The molecule has 2 aromatic rings. The summed E-state index contributed by atoms with van der Waals surface area (Å²) in [4.78, 5) is 14.0. The van der Waals surface area contributed by atoms with Crippen molar-refractivity contribution in [1.29, 1.82) is 0 Å². The normalized spacial score (nSPS) is 10.6. The van der Waals surface area contributed by atoms with Gasteiger partial charge in [0.15, 0.2) is 11.5 Å². The van der Waals surface area contributed by atoms with E-state index in [9.17, 15) is 4.79 Å². The zero-order chi connectivity index (χ0) is 18.2. The molecule has 2 aromatic carbocycles. The van der Waals surface area contributed by atoms with Gasteiger partial charge in [0.05, 0.1) is 7.11 Å². The van der Waals surface area contributed by atoms with Gasteiger partial charge in [-0.15, -0.1) is 0 Å². The second kappa shape index (κ2) is 9.11. The minimum absolute atomic E-state index is 0.151. The van der Waals surface area contributed by atoms with Crippen molar-refractivity contribution in [1.82, 2.24) is 4.90 Å². The van der Waals surface area contributed by atoms with Crippen molar-refractivity contribution in [2.45, 2.75) is 46.4 Å². The number of amides is 1. The molecule has 0 spiro atoms. The number of benzene rings is 2. The van der Waals surface area contributed by atoms with Crippen LogP contribution in [-0.4, -0.2) is 24.0 Å². The Labute approximate surface area is 150 Å². The first-order valence-corrected chi connectivity index (χ1v) is 8.68. The Balaban J connectivity index is 2.11. The Morgan fingerprint density at radius 2 is 1.76 bits per heavy atom. The Hall–Kier alpha value is -2.49. The molecule has 0 aliphatic heterocycles. The smallest absolute Gasteiger partial charge is 0.222 e. The van der Waals surface area contributed by atoms with Crippen LogP contribution in [0.2, 0.25) is 0 Å². The van der Waals surface area contributed by atoms with Crippen LogP contribution in [0.25, 0.3) is 0 Å². The Kier molecular flexibility index (Phi) is 6.87. The summed E-state index contributed by atoms with van der Waals surface area (Å²) in [5.74, 6) is 1.53. The lowest BCUT2D eigenvalue weighted by Gasteiger charge is -2.27. The second-order valence-electron chi connectivity index (χ2n) is 6.23. The van der Waals surface area contributed by atoms with Crippen molar-refractivity contribution in [3.63, 3.8) is 0 Å². The van der Waals surface area contributed by atoms with Crippen LogP contribution in [0.1, 0.15) is 38.3 Å². The van der Waals surface area contributed by atoms with Crippen molar-refractivity contribution in [3.8, 4) is 11.5 Å². The lowest BCUT2D eigenvalue weighted by Crippen LogP contribution is -2.35. The fraction of sp³-hybridized carbons (Fsp3) is 0.381. The van der Waals surface area contributed by atoms with E-state index in [-0.39, 0.29) is 11.9 Å². The Bertz CT molecular complexity index is 683. The fourth-order valence-corrected chi connectivity index (χ4v) is 2.62. The second-order valence-corrected chi connectivity index (χ2v) is 6.23. The van der Waals surface area contributed by atoms with E-state index in [0.29, 0.717) is 31.1 Å². The maximum Gasteiger partial charge on any atom is 0.222 e. The highest BCUT2D eigenvalue weighted by molar-refractivity contribution is 5.76. The van der Waals surface area contributed by atoms with Gasteiger partial charge in [-0.25, -0.2) is 0 Å². The number of carbonyl (C=O) groups excluding carboxylic acids is 1. The molecule has 0 radical (unpaired) electrons. The molecule has 4 nitrogen and oxygen atoms in total. The number of rotatable bonds is 8. The molecule has 2 rings (SSSR count). The number of hydrogen-bond donors (Lipinski definition) is 0. The van der Waals surface area contributed by atoms with Crippen molar-refractivity contribution < 1.29 is 14.3 Å². The predicted octanol–water partition coefficient (Wildman–Crippen LogP) is 4.42. The minimum atomic E-state index is 0.151. The lowest BCUT2D eigenvalue weighted by molar-refractivity contribution is -0.133. The first kappa shape index (κ1) is 18.8. The molecule has 25 heavy (non-hydrogen) atoms. The summed E-state index contributed by atoms with van der Waals surface area (Å²) in [5, 5.41) is 0. The van der Waals surface area contributed by atoms with Gasteiger partial charge in [-0.2, -0.15) is 0 Å². The largest absolute Gasteiger partial charge is 0.493 e. The van der Waals surface area contributed by atoms with Crippen molar-refractivity contribution in [2.24, 2.45) is 0 Å². The summed E-state index contributed by atoms with van der Waals surface area (Å²) < 4.78 is 11.4. The highest BCUT2D eigenvalue weighted by atomic mass is 16.5. The van der Waals surface area contributed by atoms with E-state index in [1.807, 2.05) is 74.2 Å². The first-order valence-electron chi connectivity index (χ1n) is 8.68. The van der Waals surface area contributed by atoms with Crippen LogP contribution in [0.3, 0.4) is 0 Å². The SMILES string of the molecule is CCC(=O)N(Cc1ccc(OCc2ccccc2)c(OC)c1)C(C)C. The molecular formula is C21H27NO3. The zero-order valence-corrected chi connectivity index (χ0v) is 15.5. The topological polar surface area (TPSA) is 38.8 Å². The minimum Gasteiger partial charge on any atom is -0.493 e. The van der Waals surface area contributed by atoms with E-state index in [1.165, 1.54) is 0 Å². The van der Waals surface area contributed by atoms with E-state index in [1.54, 1.807) is 7.11 Å². The average Bonchev–Trinajstić information content (AvgIpc) is 2.64. The van der Waals surface area contributed by atoms with Gasteiger partial charge in [0.2, 0.25) is 5.91 Å². The van der Waals surface area contributed by atoms with Crippen LogP contribution in [0.4, 0.5) is 0 Å².